The Kier molecular flexibility index (Phi) is 3.11. The summed E-state index contributed by atoms with van der Waals surface area (Å²) in [6.45, 7) is 3.63. The van der Waals surface area contributed by atoms with Crippen molar-refractivity contribution in [1.82, 2.24) is 5.32 Å². The zero-order valence-corrected chi connectivity index (χ0v) is 6.53. The van der Waals surface area contributed by atoms with Crippen molar-refractivity contribution in [1.29, 1.82) is 0 Å². The van der Waals surface area contributed by atoms with Crippen LogP contribution in [0.3, 0.4) is 0 Å². The highest BCUT2D eigenvalue weighted by Crippen LogP contribution is 2.02. The lowest BCUT2D eigenvalue weighted by Crippen LogP contribution is -2.43. The quantitative estimate of drug-likeness (QED) is 0.436. The van der Waals surface area contributed by atoms with Crippen LogP contribution in [0.1, 0.15) is 20.3 Å². The molecule has 2 nitrogen and oxygen atoms in total. The van der Waals surface area contributed by atoms with E-state index in [9.17, 15) is 4.79 Å². The fraction of sp³-hybridized carbons (Fsp3) is 0.800. The zero-order valence-electron chi connectivity index (χ0n) is 5.64. The van der Waals surface area contributed by atoms with E-state index in [-0.39, 0.29) is 5.24 Å². The van der Waals surface area contributed by atoms with Crippen molar-refractivity contribution in [3.8, 4) is 0 Å². The number of thiol groups is 1. The minimum atomic E-state index is -0.612. The summed E-state index contributed by atoms with van der Waals surface area (Å²) in [6, 6.07) is 0. The third-order valence-electron chi connectivity index (χ3n) is 1.13. The minimum Gasteiger partial charge on any atom is -0.351 e. The molecule has 0 fully saturated rings. The zero-order chi connectivity index (χ0) is 7.49. The van der Waals surface area contributed by atoms with Gasteiger partial charge in [0.2, 0.25) is 0 Å². The molecule has 0 aliphatic carbocycles. The maximum Gasteiger partial charge on any atom is 0.275 e. The van der Waals surface area contributed by atoms with Crippen LogP contribution >= 0.6 is 12.6 Å². The minimum absolute atomic E-state index is 0.387. The van der Waals surface area contributed by atoms with Crippen LogP contribution in [-0.2, 0) is 0 Å². The standard InChI is InChI=1S/C5H10BNOS/c1-3-5(2,6)7-4(8)9/h3H2,1-2H3,(H2,7,8,9). The van der Waals surface area contributed by atoms with Crippen LogP contribution in [0.2, 0.25) is 0 Å². The van der Waals surface area contributed by atoms with Crippen LogP contribution in [0, 0.1) is 0 Å². The fourth-order valence-corrected chi connectivity index (χ4v) is 0.588. The van der Waals surface area contributed by atoms with Gasteiger partial charge < -0.3 is 5.32 Å². The van der Waals surface area contributed by atoms with Gasteiger partial charge in [-0.05, 0) is 11.9 Å². The Morgan fingerprint density at radius 1 is 1.89 bits per heavy atom. The van der Waals surface area contributed by atoms with Gasteiger partial charge in [-0.3, -0.25) is 4.79 Å². The second-order valence-electron chi connectivity index (χ2n) is 2.20. The lowest BCUT2D eigenvalue weighted by Gasteiger charge is -2.23. The smallest absolute Gasteiger partial charge is 0.275 e. The Hall–Kier alpha value is -0.115. The van der Waals surface area contributed by atoms with Crippen LogP contribution in [0.4, 0.5) is 4.79 Å². The molecule has 1 amide bonds. The summed E-state index contributed by atoms with van der Waals surface area (Å²) < 4.78 is 0. The van der Waals surface area contributed by atoms with Gasteiger partial charge in [0.1, 0.15) is 7.85 Å². The molecule has 0 bridgehead atoms. The molecule has 50 valence electrons. The van der Waals surface area contributed by atoms with E-state index in [1.54, 1.807) is 6.92 Å². The molecule has 0 rings (SSSR count). The summed E-state index contributed by atoms with van der Waals surface area (Å²) in [5, 5.41) is 2.08. The molecule has 0 spiro atoms. The van der Waals surface area contributed by atoms with Crippen LogP contribution in [0.25, 0.3) is 0 Å². The Labute approximate surface area is 62.2 Å². The second-order valence-corrected chi connectivity index (χ2v) is 2.61. The Balaban J connectivity index is 3.71. The normalized spacial score (nSPS) is 16.3. The summed E-state index contributed by atoms with van der Waals surface area (Å²) in [5.41, 5.74) is -0.612. The summed E-state index contributed by atoms with van der Waals surface area (Å²) >= 11 is 3.52. The average Bonchev–Trinajstić information content (AvgIpc) is 1.63. The Bertz CT molecular complexity index is 116. The van der Waals surface area contributed by atoms with Gasteiger partial charge in [0.05, 0.1) is 0 Å². The van der Waals surface area contributed by atoms with Crippen LogP contribution < -0.4 is 5.32 Å². The monoisotopic (exact) mass is 143 g/mol. The first kappa shape index (κ1) is 8.88. The molecule has 1 N–H and O–H groups in total. The molecule has 0 aromatic rings. The van der Waals surface area contributed by atoms with E-state index in [4.69, 9.17) is 7.85 Å². The van der Waals surface area contributed by atoms with Gasteiger partial charge in [-0.25, -0.2) is 0 Å². The SMILES string of the molecule is [B]C(C)(CC)NC(=O)S. The van der Waals surface area contributed by atoms with Gasteiger partial charge in [-0.1, -0.05) is 26.5 Å². The molecule has 0 aliphatic rings. The van der Waals surface area contributed by atoms with E-state index in [1.807, 2.05) is 6.92 Å². The van der Waals surface area contributed by atoms with E-state index in [1.165, 1.54) is 0 Å². The predicted octanol–water partition coefficient (Wildman–Crippen LogP) is 0.920. The molecule has 0 saturated heterocycles. The number of nitrogens with one attached hydrogen (secondary N) is 1. The Morgan fingerprint density at radius 3 is 2.44 bits per heavy atom. The van der Waals surface area contributed by atoms with Gasteiger partial charge in [-0.15, -0.1) is 0 Å². The number of carbonyl (C=O) groups is 1. The molecular weight excluding hydrogens is 133 g/mol. The van der Waals surface area contributed by atoms with Gasteiger partial charge in [-0.2, -0.15) is 0 Å². The molecule has 2 radical (unpaired) electrons. The molecular formula is C5H10BNOS. The van der Waals surface area contributed by atoms with Crippen molar-refractivity contribution in [3.63, 3.8) is 0 Å². The highest BCUT2D eigenvalue weighted by molar-refractivity contribution is 7.96. The van der Waals surface area contributed by atoms with E-state index in [0.29, 0.717) is 6.42 Å². The van der Waals surface area contributed by atoms with Crippen molar-refractivity contribution in [2.24, 2.45) is 0 Å². The molecule has 1 atom stereocenters. The largest absolute Gasteiger partial charge is 0.351 e. The highest BCUT2D eigenvalue weighted by Gasteiger charge is 2.14. The second kappa shape index (κ2) is 3.15. The lowest BCUT2D eigenvalue weighted by atomic mass is 9.78. The van der Waals surface area contributed by atoms with Crippen LogP contribution in [0.5, 0.6) is 0 Å². The molecule has 1 unspecified atom stereocenters. The molecule has 0 heterocycles. The van der Waals surface area contributed by atoms with Crippen LogP contribution in [0.15, 0.2) is 0 Å². The topological polar surface area (TPSA) is 29.1 Å². The molecule has 0 aliphatic heterocycles. The predicted molar refractivity (Wildman–Crippen MR) is 42.0 cm³/mol. The number of amides is 1. The molecule has 9 heavy (non-hydrogen) atoms. The summed E-state index contributed by atoms with van der Waals surface area (Å²) in [6.07, 6.45) is 0.694. The van der Waals surface area contributed by atoms with Gasteiger partial charge in [0.25, 0.3) is 5.24 Å². The first-order valence-electron chi connectivity index (χ1n) is 2.78. The molecule has 0 aromatic carbocycles. The number of carbonyl (C=O) groups excluding carboxylic acids is 1. The van der Waals surface area contributed by atoms with Crippen molar-refractivity contribution in [3.05, 3.63) is 0 Å². The van der Waals surface area contributed by atoms with Gasteiger partial charge >= 0.3 is 0 Å². The average molecular weight is 143 g/mol. The van der Waals surface area contributed by atoms with Crippen molar-refractivity contribution >= 4 is 25.7 Å². The highest BCUT2D eigenvalue weighted by atomic mass is 32.1. The van der Waals surface area contributed by atoms with Crippen molar-refractivity contribution in [2.45, 2.75) is 25.7 Å². The third-order valence-corrected chi connectivity index (χ3v) is 1.24. The van der Waals surface area contributed by atoms with E-state index in [0.717, 1.165) is 0 Å². The maximum absolute atomic E-state index is 10.3. The number of hydrogen-bond donors (Lipinski definition) is 2. The fourth-order valence-electron chi connectivity index (χ4n) is 0.333. The molecule has 0 saturated carbocycles. The molecule has 0 aromatic heterocycles. The Morgan fingerprint density at radius 2 is 2.33 bits per heavy atom. The van der Waals surface area contributed by atoms with Gasteiger partial charge in [0, 0.05) is 0 Å². The van der Waals surface area contributed by atoms with Crippen molar-refractivity contribution in [2.75, 3.05) is 0 Å². The number of hydrogen-bond acceptors (Lipinski definition) is 1. The summed E-state index contributed by atoms with van der Waals surface area (Å²) in [5.74, 6) is 0. The van der Waals surface area contributed by atoms with E-state index < -0.39 is 5.44 Å². The first-order valence-corrected chi connectivity index (χ1v) is 3.22. The third kappa shape index (κ3) is 4.39. The van der Waals surface area contributed by atoms with E-state index >= 15 is 0 Å². The maximum atomic E-state index is 10.3. The first-order chi connectivity index (χ1) is 3.98. The summed E-state index contributed by atoms with van der Waals surface area (Å²) in [7, 11) is 5.54. The number of rotatable bonds is 2. The van der Waals surface area contributed by atoms with E-state index in [2.05, 4.69) is 17.9 Å². The van der Waals surface area contributed by atoms with Gasteiger partial charge in [0.15, 0.2) is 0 Å². The summed E-state index contributed by atoms with van der Waals surface area (Å²) in [4.78, 5) is 10.3. The molecule has 4 heteroatoms. The van der Waals surface area contributed by atoms with Crippen molar-refractivity contribution < 1.29 is 4.79 Å². The van der Waals surface area contributed by atoms with Crippen LogP contribution in [-0.4, -0.2) is 18.5 Å². The lowest BCUT2D eigenvalue weighted by molar-refractivity contribution is 0.256.